The lowest BCUT2D eigenvalue weighted by Crippen LogP contribution is -2.28. The van der Waals surface area contributed by atoms with Gasteiger partial charge in [0.25, 0.3) is 0 Å². The Hall–Kier alpha value is -2.17. The lowest BCUT2D eigenvalue weighted by Gasteiger charge is -2.14. The minimum absolute atomic E-state index is 0.0402. The van der Waals surface area contributed by atoms with E-state index in [1.165, 1.54) is 24.6 Å². The summed E-state index contributed by atoms with van der Waals surface area (Å²) in [5.41, 5.74) is 1.78. The number of nitrogens with zero attached hydrogens (tertiary/aromatic N) is 3. The summed E-state index contributed by atoms with van der Waals surface area (Å²) >= 11 is 0. The molecule has 0 aliphatic heterocycles. The molecule has 1 aromatic heterocycles. The van der Waals surface area contributed by atoms with Crippen LogP contribution in [0.3, 0.4) is 0 Å². The molecule has 2 rings (SSSR count). The highest BCUT2D eigenvalue weighted by Crippen LogP contribution is 2.25. The Bertz CT molecular complexity index is 794. The molecule has 0 fully saturated rings. The van der Waals surface area contributed by atoms with E-state index in [2.05, 4.69) is 16.4 Å². The van der Waals surface area contributed by atoms with E-state index in [4.69, 9.17) is 5.26 Å². The number of fused-ring (bicyclic) bond motifs is 1. The topological polar surface area (TPSA) is 86.1 Å². The van der Waals surface area contributed by atoms with Gasteiger partial charge in [-0.2, -0.15) is 5.26 Å². The van der Waals surface area contributed by atoms with Crippen LogP contribution in [0.15, 0.2) is 30.5 Å². The maximum atomic E-state index is 11.7. The van der Waals surface area contributed by atoms with Gasteiger partial charge in [-0.3, -0.25) is 4.98 Å². The van der Waals surface area contributed by atoms with Gasteiger partial charge in [0.2, 0.25) is 10.0 Å². The molecule has 0 unspecified atom stereocenters. The van der Waals surface area contributed by atoms with Gasteiger partial charge >= 0.3 is 0 Å². The molecule has 1 N–H and O–H groups in total. The second-order valence-electron chi connectivity index (χ2n) is 4.70. The van der Waals surface area contributed by atoms with Gasteiger partial charge in [0.05, 0.1) is 22.5 Å². The Morgan fingerprint density at radius 3 is 2.71 bits per heavy atom. The minimum atomic E-state index is -3.27. The first kappa shape index (κ1) is 15.2. The van der Waals surface area contributed by atoms with Crippen molar-refractivity contribution >= 4 is 26.6 Å². The SMILES string of the molecule is CN(C)S(=O)(=O)CCNc1c(C#N)cnc2ccccc12. The zero-order valence-electron chi connectivity index (χ0n) is 11.9. The minimum Gasteiger partial charge on any atom is -0.382 e. The molecule has 0 spiro atoms. The van der Waals surface area contributed by atoms with Crippen LogP contribution < -0.4 is 5.32 Å². The summed E-state index contributed by atoms with van der Waals surface area (Å²) in [6, 6.07) is 9.49. The number of nitrogens with one attached hydrogen (secondary N) is 1. The fourth-order valence-electron chi connectivity index (χ4n) is 1.90. The monoisotopic (exact) mass is 304 g/mol. The Morgan fingerprint density at radius 2 is 2.05 bits per heavy atom. The average molecular weight is 304 g/mol. The van der Waals surface area contributed by atoms with Crippen molar-refractivity contribution in [3.63, 3.8) is 0 Å². The van der Waals surface area contributed by atoms with E-state index >= 15 is 0 Å². The van der Waals surface area contributed by atoms with Crippen LogP contribution in [0.25, 0.3) is 10.9 Å². The van der Waals surface area contributed by atoms with Gasteiger partial charge in [-0.05, 0) is 6.07 Å². The van der Waals surface area contributed by atoms with Gasteiger partial charge in [-0.15, -0.1) is 0 Å². The van der Waals surface area contributed by atoms with E-state index in [-0.39, 0.29) is 12.3 Å². The number of para-hydroxylation sites is 1. The van der Waals surface area contributed by atoms with Crippen molar-refractivity contribution in [3.8, 4) is 6.07 Å². The molecule has 0 bridgehead atoms. The number of rotatable bonds is 5. The van der Waals surface area contributed by atoms with Crippen LogP contribution in [0.2, 0.25) is 0 Å². The maximum Gasteiger partial charge on any atom is 0.215 e. The molecule has 1 aromatic carbocycles. The zero-order chi connectivity index (χ0) is 15.5. The molecule has 0 saturated heterocycles. The molecule has 0 aliphatic rings. The molecular formula is C14H16N4O2S. The fourth-order valence-corrected chi connectivity index (χ4v) is 2.63. The van der Waals surface area contributed by atoms with Crippen LogP contribution in [-0.2, 0) is 10.0 Å². The first-order chi connectivity index (χ1) is 9.95. The van der Waals surface area contributed by atoms with E-state index in [1.807, 2.05) is 24.3 Å². The van der Waals surface area contributed by atoms with Crippen molar-refractivity contribution in [1.82, 2.24) is 9.29 Å². The number of anilines is 1. The van der Waals surface area contributed by atoms with Crippen LogP contribution in [0.4, 0.5) is 5.69 Å². The van der Waals surface area contributed by atoms with Crippen molar-refractivity contribution in [1.29, 1.82) is 5.26 Å². The molecule has 21 heavy (non-hydrogen) atoms. The van der Waals surface area contributed by atoms with E-state index in [9.17, 15) is 8.42 Å². The molecule has 0 atom stereocenters. The summed E-state index contributed by atoms with van der Waals surface area (Å²) in [7, 11) is -0.273. The lowest BCUT2D eigenvalue weighted by molar-refractivity contribution is 0.521. The molecule has 2 aromatic rings. The molecule has 0 saturated carbocycles. The van der Waals surface area contributed by atoms with Gasteiger partial charge < -0.3 is 5.32 Å². The number of pyridine rings is 1. The summed E-state index contributed by atoms with van der Waals surface area (Å²) in [5.74, 6) is -0.0402. The van der Waals surface area contributed by atoms with E-state index in [1.54, 1.807) is 0 Å². The van der Waals surface area contributed by atoms with Crippen LogP contribution in [0.1, 0.15) is 5.56 Å². The maximum absolute atomic E-state index is 11.7. The van der Waals surface area contributed by atoms with E-state index < -0.39 is 10.0 Å². The Kier molecular flexibility index (Phi) is 4.40. The molecule has 110 valence electrons. The third-order valence-corrected chi connectivity index (χ3v) is 4.95. The normalized spacial score (nSPS) is 11.5. The number of sulfonamides is 1. The second kappa shape index (κ2) is 6.08. The standard InChI is InChI=1S/C14H16N4O2S/c1-18(2)21(19,20)8-7-16-14-11(9-15)10-17-13-6-4-3-5-12(13)14/h3-6,10H,7-8H2,1-2H3,(H,16,17). The van der Waals surface area contributed by atoms with Crippen molar-refractivity contribution in [3.05, 3.63) is 36.0 Å². The molecule has 0 aliphatic carbocycles. The second-order valence-corrected chi connectivity index (χ2v) is 7.00. The third-order valence-electron chi connectivity index (χ3n) is 3.11. The Balaban J connectivity index is 2.28. The van der Waals surface area contributed by atoms with Crippen LogP contribution in [-0.4, -0.2) is 44.1 Å². The Morgan fingerprint density at radius 1 is 1.33 bits per heavy atom. The van der Waals surface area contributed by atoms with E-state index in [0.717, 1.165) is 10.9 Å². The van der Waals surface area contributed by atoms with E-state index in [0.29, 0.717) is 11.3 Å². The highest BCUT2D eigenvalue weighted by atomic mass is 32.2. The number of nitriles is 1. The number of hydrogen-bond donors (Lipinski definition) is 1. The smallest absolute Gasteiger partial charge is 0.215 e. The highest BCUT2D eigenvalue weighted by Gasteiger charge is 2.14. The summed E-state index contributed by atoms with van der Waals surface area (Å²) in [6.45, 7) is 0.225. The first-order valence-corrected chi connectivity index (χ1v) is 7.98. The number of aromatic nitrogens is 1. The first-order valence-electron chi connectivity index (χ1n) is 6.37. The van der Waals surface area contributed by atoms with Crippen molar-refractivity contribution in [2.45, 2.75) is 0 Å². The third kappa shape index (κ3) is 3.29. The predicted octanol–water partition coefficient (Wildman–Crippen LogP) is 1.41. The largest absolute Gasteiger partial charge is 0.382 e. The van der Waals surface area contributed by atoms with Crippen molar-refractivity contribution < 1.29 is 8.42 Å². The number of benzene rings is 1. The molecule has 7 heteroatoms. The van der Waals surface area contributed by atoms with Crippen LogP contribution in [0.5, 0.6) is 0 Å². The van der Waals surface area contributed by atoms with Gasteiger partial charge in [-0.25, -0.2) is 12.7 Å². The molecule has 0 amide bonds. The molecular weight excluding hydrogens is 288 g/mol. The van der Waals surface area contributed by atoms with Crippen LogP contribution in [0, 0.1) is 11.3 Å². The van der Waals surface area contributed by atoms with Gasteiger partial charge in [0.15, 0.2) is 0 Å². The summed E-state index contributed by atoms with van der Waals surface area (Å²) < 4.78 is 24.7. The van der Waals surface area contributed by atoms with Crippen LogP contribution >= 0.6 is 0 Å². The predicted molar refractivity (Wildman–Crippen MR) is 82.4 cm³/mol. The molecule has 1 heterocycles. The average Bonchev–Trinajstić information content (AvgIpc) is 2.47. The molecule has 0 radical (unpaired) electrons. The van der Waals surface area contributed by atoms with Gasteiger partial charge in [0.1, 0.15) is 6.07 Å². The summed E-state index contributed by atoms with van der Waals surface area (Å²) in [4.78, 5) is 4.21. The lowest BCUT2D eigenvalue weighted by atomic mass is 10.1. The summed E-state index contributed by atoms with van der Waals surface area (Å²) in [5, 5.41) is 13.0. The number of hydrogen-bond acceptors (Lipinski definition) is 5. The van der Waals surface area contributed by atoms with Crippen molar-refractivity contribution in [2.24, 2.45) is 0 Å². The zero-order valence-corrected chi connectivity index (χ0v) is 12.7. The van der Waals surface area contributed by atoms with Gasteiger partial charge in [0, 0.05) is 32.2 Å². The van der Waals surface area contributed by atoms with Crippen molar-refractivity contribution in [2.75, 3.05) is 31.7 Å². The fraction of sp³-hybridized carbons (Fsp3) is 0.286. The quantitative estimate of drug-likeness (QED) is 0.902. The summed E-state index contributed by atoms with van der Waals surface area (Å²) in [6.07, 6.45) is 1.49. The Labute approximate surface area is 124 Å². The highest BCUT2D eigenvalue weighted by molar-refractivity contribution is 7.89. The van der Waals surface area contributed by atoms with Gasteiger partial charge in [-0.1, -0.05) is 18.2 Å². The molecule has 6 nitrogen and oxygen atoms in total.